The van der Waals surface area contributed by atoms with Crippen molar-refractivity contribution in [3.63, 3.8) is 0 Å². The largest absolute Gasteiger partial charge is 0.335 e. The summed E-state index contributed by atoms with van der Waals surface area (Å²) >= 11 is 0.949. The summed E-state index contributed by atoms with van der Waals surface area (Å²) in [7, 11) is 0. The van der Waals surface area contributed by atoms with Crippen LogP contribution in [0.3, 0.4) is 0 Å². The van der Waals surface area contributed by atoms with Gasteiger partial charge >= 0.3 is 0 Å². The highest BCUT2D eigenvalue weighted by atomic mass is 32.2. The molecule has 1 saturated heterocycles. The number of amides is 2. The third-order valence-corrected chi connectivity index (χ3v) is 4.46. The van der Waals surface area contributed by atoms with Crippen molar-refractivity contribution >= 4 is 39.9 Å². The van der Waals surface area contributed by atoms with E-state index in [2.05, 4.69) is 12.5 Å². The van der Waals surface area contributed by atoms with Crippen molar-refractivity contribution < 1.29 is 9.59 Å². The molecule has 5 heteroatoms. The smallest absolute Gasteiger partial charge is 0.293 e. The fraction of sp³-hybridized carbons (Fsp3) is 0.111. The van der Waals surface area contributed by atoms with E-state index >= 15 is 0 Å². The Balaban J connectivity index is 2.05. The van der Waals surface area contributed by atoms with Gasteiger partial charge in [0.25, 0.3) is 11.1 Å². The van der Waals surface area contributed by atoms with Gasteiger partial charge in [0.1, 0.15) is 0 Å². The summed E-state index contributed by atoms with van der Waals surface area (Å²) in [4.78, 5) is 25.8. The van der Waals surface area contributed by atoms with Crippen LogP contribution in [0.2, 0.25) is 0 Å². The van der Waals surface area contributed by atoms with E-state index in [4.69, 9.17) is 6.42 Å². The van der Waals surface area contributed by atoms with Crippen LogP contribution >= 0.6 is 11.8 Å². The van der Waals surface area contributed by atoms with Crippen LogP contribution in [0.1, 0.15) is 5.56 Å². The Bertz CT molecular complexity index is 886. The second-order valence-corrected chi connectivity index (χ2v) is 6.01. The van der Waals surface area contributed by atoms with Gasteiger partial charge in [0.15, 0.2) is 0 Å². The zero-order valence-electron chi connectivity index (χ0n) is 12.4. The van der Waals surface area contributed by atoms with Crippen molar-refractivity contribution in [1.29, 1.82) is 0 Å². The molecule has 1 fully saturated rings. The van der Waals surface area contributed by atoms with Gasteiger partial charge in [0.05, 0.1) is 11.4 Å². The molecule has 1 aromatic carbocycles. The Morgan fingerprint density at radius 3 is 2.83 bits per heavy atom. The number of imide groups is 1. The molecule has 4 nitrogen and oxygen atoms in total. The van der Waals surface area contributed by atoms with Crippen molar-refractivity contribution in [2.45, 2.75) is 6.54 Å². The Kier molecular flexibility index (Phi) is 4.09. The van der Waals surface area contributed by atoms with E-state index in [1.54, 1.807) is 6.08 Å². The Hall–Kier alpha value is -2.71. The van der Waals surface area contributed by atoms with Crippen molar-refractivity contribution in [1.82, 2.24) is 9.47 Å². The van der Waals surface area contributed by atoms with Crippen molar-refractivity contribution in [3.05, 3.63) is 53.6 Å². The van der Waals surface area contributed by atoms with Crippen LogP contribution in [0, 0.1) is 12.3 Å². The average molecular weight is 322 g/mol. The van der Waals surface area contributed by atoms with Crippen LogP contribution in [-0.4, -0.2) is 27.2 Å². The van der Waals surface area contributed by atoms with Gasteiger partial charge in [0, 0.05) is 29.2 Å². The highest BCUT2D eigenvalue weighted by molar-refractivity contribution is 8.18. The summed E-state index contributed by atoms with van der Waals surface area (Å²) < 4.78 is 1.95. The molecule has 2 heterocycles. The van der Waals surface area contributed by atoms with Crippen LogP contribution in [0.25, 0.3) is 17.0 Å². The van der Waals surface area contributed by atoms with E-state index < -0.39 is 0 Å². The van der Waals surface area contributed by atoms with Crippen LogP contribution in [0.5, 0.6) is 0 Å². The third-order valence-electron chi connectivity index (χ3n) is 3.55. The van der Waals surface area contributed by atoms with E-state index in [-0.39, 0.29) is 17.7 Å². The molecule has 2 aromatic rings. The molecule has 0 atom stereocenters. The fourth-order valence-electron chi connectivity index (χ4n) is 2.55. The van der Waals surface area contributed by atoms with Gasteiger partial charge in [-0.1, -0.05) is 30.2 Å². The van der Waals surface area contributed by atoms with Crippen LogP contribution < -0.4 is 0 Å². The number of carbonyl (C=O) groups excluding carboxylic acids is 2. The number of rotatable bonds is 4. The molecular formula is C18H14N2O2S. The maximum Gasteiger partial charge on any atom is 0.293 e. The number of hydrogen-bond donors (Lipinski definition) is 0. The van der Waals surface area contributed by atoms with E-state index in [0.717, 1.165) is 28.2 Å². The SMILES string of the molecule is C#CCn1cc(/C=C2/SC(=O)N(CC=C)C2=O)c2ccccc21. The molecule has 0 N–H and O–H groups in total. The monoisotopic (exact) mass is 322 g/mol. The molecule has 1 aromatic heterocycles. The van der Waals surface area contributed by atoms with Gasteiger partial charge in [-0.25, -0.2) is 0 Å². The first-order chi connectivity index (χ1) is 11.2. The zero-order valence-corrected chi connectivity index (χ0v) is 13.2. The minimum absolute atomic E-state index is 0.223. The van der Waals surface area contributed by atoms with E-state index in [1.165, 1.54) is 11.0 Å². The normalized spacial score (nSPS) is 16.3. The molecule has 0 radical (unpaired) electrons. The maximum absolute atomic E-state index is 12.3. The molecule has 1 aliphatic heterocycles. The van der Waals surface area contributed by atoms with Gasteiger partial charge in [-0.15, -0.1) is 13.0 Å². The number of carbonyl (C=O) groups is 2. The first-order valence-corrected chi connectivity index (χ1v) is 7.85. The summed E-state index contributed by atoms with van der Waals surface area (Å²) in [6, 6.07) is 7.83. The van der Waals surface area contributed by atoms with E-state index in [9.17, 15) is 9.59 Å². The predicted octanol–water partition coefficient (Wildman–Crippen LogP) is 3.50. The predicted molar refractivity (Wildman–Crippen MR) is 93.6 cm³/mol. The number of terminal acetylenes is 1. The van der Waals surface area contributed by atoms with Gasteiger partial charge < -0.3 is 4.57 Å². The number of thioether (sulfide) groups is 1. The van der Waals surface area contributed by atoms with E-state index in [0.29, 0.717) is 11.4 Å². The Labute approximate surface area is 138 Å². The van der Waals surface area contributed by atoms with Crippen molar-refractivity contribution in [3.8, 4) is 12.3 Å². The standard InChI is InChI=1S/C18H14N2O2S/c1-3-9-19-12-13(14-7-5-6-8-15(14)19)11-16-17(21)20(10-4-2)18(22)23-16/h1,4-8,11-12H,2,9-10H2/b16-11+. The molecule has 23 heavy (non-hydrogen) atoms. The van der Waals surface area contributed by atoms with Gasteiger partial charge in [-0.3, -0.25) is 14.5 Å². The Morgan fingerprint density at radius 1 is 1.30 bits per heavy atom. The van der Waals surface area contributed by atoms with Crippen LogP contribution in [0.15, 0.2) is 48.0 Å². The summed E-state index contributed by atoms with van der Waals surface area (Å²) in [5, 5.41) is 0.729. The molecule has 0 spiro atoms. The number of aromatic nitrogens is 1. The highest BCUT2D eigenvalue weighted by Crippen LogP contribution is 2.33. The van der Waals surface area contributed by atoms with Gasteiger partial charge in [-0.05, 0) is 23.9 Å². The van der Waals surface area contributed by atoms with E-state index in [1.807, 2.05) is 35.0 Å². The lowest BCUT2D eigenvalue weighted by Gasteiger charge is -2.07. The number of fused-ring (bicyclic) bond motifs is 1. The maximum atomic E-state index is 12.3. The lowest BCUT2D eigenvalue weighted by molar-refractivity contribution is -0.122. The molecule has 0 unspecified atom stereocenters. The summed E-state index contributed by atoms with van der Waals surface area (Å²) in [6.45, 7) is 4.24. The fourth-order valence-corrected chi connectivity index (χ4v) is 3.39. The molecule has 3 rings (SSSR count). The molecule has 0 bridgehead atoms. The number of nitrogens with zero attached hydrogens (tertiary/aromatic N) is 2. The molecular weight excluding hydrogens is 308 g/mol. The molecule has 1 aliphatic rings. The lowest BCUT2D eigenvalue weighted by atomic mass is 10.1. The molecule has 0 saturated carbocycles. The van der Waals surface area contributed by atoms with Crippen molar-refractivity contribution in [2.75, 3.05) is 6.54 Å². The Morgan fingerprint density at radius 2 is 2.09 bits per heavy atom. The van der Waals surface area contributed by atoms with Gasteiger partial charge in [-0.2, -0.15) is 0 Å². The topological polar surface area (TPSA) is 42.3 Å². The van der Waals surface area contributed by atoms with Crippen LogP contribution in [0.4, 0.5) is 4.79 Å². The second kappa shape index (κ2) is 6.19. The average Bonchev–Trinajstić information content (AvgIpc) is 3.02. The second-order valence-electron chi connectivity index (χ2n) is 5.01. The zero-order chi connectivity index (χ0) is 16.4. The summed E-state index contributed by atoms with van der Waals surface area (Å²) in [6.07, 6.45) is 10.6. The minimum atomic E-state index is -0.284. The number of benzene rings is 1. The van der Waals surface area contributed by atoms with Crippen LogP contribution in [-0.2, 0) is 11.3 Å². The first-order valence-electron chi connectivity index (χ1n) is 7.03. The third kappa shape index (κ3) is 2.69. The summed E-state index contributed by atoms with van der Waals surface area (Å²) in [5.74, 6) is 2.34. The molecule has 114 valence electrons. The lowest BCUT2D eigenvalue weighted by Crippen LogP contribution is -2.27. The van der Waals surface area contributed by atoms with Gasteiger partial charge in [0.2, 0.25) is 0 Å². The molecule has 0 aliphatic carbocycles. The minimum Gasteiger partial charge on any atom is -0.335 e. The summed E-state index contributed by atoms with van der Waals surface area (Å²) in [5.41, 5.74) is 1.88. The first kappa shape index (κ1) is 15.2. The molecule has 2 amide bonds. The highest BCUT2D eigenvalue weighted by Gasteiger charge is 2.34. The number of para-hydroxylation sites is 1. The van der Waals surface area contributed by atoms with Crippen molar-refractivity contribution in [2.24, 2.45) is 0 Å². The number of hydrogen-bond acceptors (Lipinski definition) is 3. The quantitative estimate of drug-likeness (QED) is 0.491.